The van der Waals surface area contributed by atoms with E-state index in [1.807, 2.05) is 26.5 Å². The molecule has 0 radical (unpaired) electrons. The third-order valence-corrected chi connectivity index (χ3v) is 7.36. The van der Waals surface area contributed by atoms with E-state index in [4.69, 9.17) is 0 Å². The molecular weight excluding hydrogens is 422 g/mol. The molecule has 6 nitrogen and oxygen atoms in total. The highest BCUT2D eigenvalue weighted by Crippen LogP contribution is 2.39. The summed E-state index contributed by atoms with van der Waals surface area (Å²) in [7, 11) is 3.66. The molecule has 0 bridgehead atoms. The number of imidazole rings is 1. The lowest BCUT2D eigenvalue weighted by molar-refractivity contribution is -0.130. The minimum Gasteiger partial charge on any atom is -0.354 e. The maximum Gasteiger partial charge on any atom is 0.236 e. The highest BCUT2D eigenvalue weighted by atomic mass is 16.2. The van der Waals surface area contributed by atoms with Gasteiger partial charge in [-0.05, 0) is 79.6 Å². The maximum absolute atomic E-state index is 12.1. The van der Waals surface area contributed by atoms with Crippen molar-refractivity contribution in [1.82, 2.24) is 24.2 Å². The molecule has 0 spiro atoms. The summed E-state index contributed by atoms with van der Waals surface area (Å²) in [4.78, 5) is 24.2. The van der Waals surface area contributed by atoms with Gasteiger partial charge in [0, 0.05) is 49.2 Å². The van der Waals surface area contributed by atoms with Crippen molar-refractivity contribution in [3.8, 4) is 11.3 Å². The molecule has 178 valence electrons. The monoisotopic (exact) mass is 457 g/mol. The molecule has 5 rings (SSSR count). The van der Waals surface area contributed by atoms with Gasteiger partial charge in [-0.2, -0.15) is 0 Å². The number of carbonyl (C=O) groups excluding carboxylic acids is 1. The highest BCUT2D eigenvalue weighted by molar-refractivity contribution is 5.92. The summed E-state index contributed by atoms with van der Waals surface area (Å²) >= 11 is 0. The molecule has 0 atom stereocenters. The fraction of sp³-hybridized carbons (Fsp3) is 0.429. The number of fused-ring (bicyclic) bond motifs is 2. The molecule has 3 aromatic heterocycles. The maximum atomic E-state index is 12.1. The average molecular weight is 458 g/mol. The van der Waals surface area contributed by atoms with Crippen molar-refractivity contribution in [3.05, 3.63) is 59.5 Å². The second-order valence-corrected chi connectivity index (χ2v) is 10.3. The summed E-state index contributed by atoms with van der Waals surface area (Å²) < 4.78 is 2.10. The Morgan fingerprint density at radius 3 is 2.68 bits per heavy atom. The zero-order chi connectivity index (χ0) is 24.0. The van der Waals surface area contributed by atoms with Gasteiger partial charge in [0.25, 0.3) is 0 Å². The Balaban J connectivity index is 1.46. The van der Waals surface area contributed by atoms with Gasteiger partial charge in [0.1, 0.15) is 5.65 Å². The van der Waals surface area contributed by atoms with Crippen LogP contribution in [-0.4, -0.2) is 63.8 Å². The predicted molar refractivity (Wildman–Crippen MR) is 138 cm³/mol. The third-order valence-electron chi connectivity index (χ3n) is 7.36. The number of aromatic amines is 1. The zero-order valence-corrected chi connectivity index (χ0v) is 20.9. The SMILES string of the molecule is Cc1cc2nccn2cc1-c1[nH]c2ccc(C3CCN(CC(=O)N(C)C)CC3)cc2c1C(C)C. The van der Waals surface area contributed by atoms with E-state index in [1.165, 1.54) is 38.9 Å². The molecule has 1 N–H and O–H groups in total. The third kappa shape index (κ3) is 4.11. The van der Waals surface area contributed by atoms with Crippen molar-refractivity contribution in [2.24, 2.45) is 0 Å². The average Bonchev–Trinajstić information content (AvgIpc) is 3.42. The largest absolute Gasteiger partial charge is 0.354 e. The number of nitrogens with one attached hydrogen (secondary N) is 1. The van der Waals surface area contributed by atoms with Crippen LogP contribution < -0.4 is 0 Å². The van der Waals surface area contributed by atoms with Crippen LogP contribution in [0.2, 0.25) is 0 Å². The lowest BCUT2D eigenvalue weighted by Gasteiger charge is -2.32. The van der Waals surface area contributed by atoms with E-state index in [9.17, 15) is 4.79 Å². The lowest BCUT2D eigenvalue weighted by Crippen LogP contribution is -2.40. The van der Waals surface area contributed by atoms with Crippen molar-refractivity contribution in [2.75, 3.05) is 33.7 Å². The topological polar surface area (TPSA) is 56.6 Å². The van der Waals surface area contributed by atoms with Gasteiger partial charge in [-0.25, -0.2) is 4.98 Å². The molecule has 1 aliphatic heterocycles. The van der Waals surface area contributed by atoms with Crippen LogP contribution in [0.5, 0.6) is 0 Å². The van der Waals surface area contributed by atoms with Crippen LogP contribution >= 0.6 is 0 Å². The van der Waals surface area contributed by atoms with Crippen molar-refractivity contribution < 1.29 is 4.79 Å². The van der Waals surface area contributed by atoms with Crippen molar-refractivity contribution >= 4 is 22.5 Å². The van der Waals surface area contributed by atoms with Gasteiger partial charge in [0.15, 0.2) is 0 Å². The minimum absolute atomic E-state index is 0.186. The number of hydrogen-bond donors (Lipinski definition) is 1. The molecular formula is C28H35N5O. The van der Waals surface area contributed by atoms with Crippen LogP contribution in [0, 0.1) is 6.92 Å². The number of pyridine rings is 1. The van der Waals surface area contributed by atoms with Crippen LogP contribution in [0.1, 0.15) is 55.2 Å². The molecule has 1 aliphatic rings. The van der Waals surface area contributed by atoms with E-state index >= 15 is 0 Å². The second kappa shape index (κ2) is 8.91. The van der Waals surface area contributed by atoms with Crippen molar-refractivity contribution in [2.45, 2.75) is 45.4 Å². The number of likely N-dealkylation sites (tertiary alicyclic amines) is 1. The number of aryl methyl sites for hydroxylation is 1. The van der Waals surface area contributed by atoms with Gasteiger partial charge in [-0.15, -0.1) is 0 Å². The summed E-state index contributed by atoms with van der Waals surface area (Å²) in [5, 5.41) is 1.33. The van der Waals surface area contributed by atoms with Gasteiger partial charge in [0.05, 0.1) is 12.2 Å². The van der Waals surface area contributed by atoms with Gasteiger partial charge in [0.2, 0.25) is 5.91 Å². The Bertz CT molecular complexity index is 1340. The highest BCUT2D eigenvalue weighted by Gasteiger charge is 2.24. The normalized spacial score (nSPS) is 15.6. The Kier molecular flexibility index (Phi) is 5.94. The summed E-state index contributed by atoms with van der Waals surface area (Å²) in [6, 6.07) is 9.13. The number of carbonyl (C=O) groups is 1. The smallest absolute Gasteiger partial charge is 0.236 e. The number of benzene rings is 1. The molecule has 0 unspecified atom stereocenters. The first-order chi connectivity index (χ1) is 16.3. The molecule has 6 heteroatoms. The summed E-state index contributed by atoms with van der Waals surface area (Å²) in [6.45, 7) is 9.20. The lowest BCUT2D eigenvalue weighted by atomic mass is 9.87. The van der Waals surface area contributed by atoms with Crippen LogP contribution in [0.15, 0.2) is 42.9 Å². The number of aromatic nitrogens is 3. The van der Waals surface area contributed by atoms with Gasteiger partial charge in [-0.3, -0.25) is 9.69 Å². The Hall–Kier alpha value is -3.12. The molecule has 1 saturated heterocycles. The molecule has 0 aliphatic carbocycles. The summed E-state index contributed by atoms with van der Waals surface area (Å²) in [5.41, 5.74) is 8.64. The van der Waals surface area contributed by atoms with Crippen LogP contribution in [0.25, 0.3) is 27.8 Å². The molecule has 34 heavy (non-hydrogen) atoms. The quantitative estimate of drug-likeness (QED) is 0.449. The first-order valence-electron chi connectivity index (χ1n) is 12.3. The number of likely N-dealkylation sites (N-methyl/N-ethyl adjacent to an activating group) is 1. The number of H-pyrrole nitrogens is 1. The second-order valence-electron chi connectivity index (χ2n) is 10.3. The Morgan fingerprint density at radius 1 is 1.21 bits per heavy atom. The fourth-order valence-electron chi connectivity index (χ4n) is 5.37. The predicted octanol–water partition coefficient (Wildman–Crippen LogP) is 5.18. The van der Waals surface area contributed by atoms with Gasteiger partial charge >= 0.3 is 0 Å². The van der Waals surface area contributed by atoms with E-state index in [0.29, 0.717) is 18.4 Å². The van der Waals surface area contributed by atoms with Crippen molar-refractivity contribution in [3.63, 3.8) is 0 Å². The Labute approximate surface area is 201 Å². The minimum atomic E-state index is 0.186. The van der Waals surface area contributed by atoms with Gasteiger partial charge in [-0.1, -0.05) is 19.9 Å². The molecule has 0 saturated carbocycles. The molecule has 4 aromatic rings. The zero-order valence-electron chi connectivity index (χ0n) is 20.9. The summed E-state index contributed by atoms with van der Waals surface area (Å²) in [6.07, 6.45) is 8.24. The van der Waals surface area contributed by atoms with E-state index in [-0.39, 0.29) is 5.91 Å². The van der Waals surface area contributed by atoms with Gasteiger partial charge < -0.3 is 14.3 Å². The molecule has 1 fully saturated rings. The van der Waals surface area contributed by atoms with E-state index in [0.717, 1.165) is 31.6 Å². The number of rotatable bonds is 5. The van der Waals surface area contributed by atoms with Crippen molar-refractivity contribution in [1.29, 1.82) is 0 Å². The molecule has 1 amide bonds. The van der Waals surface area contributed by atoms with Crippen LogP contribution in [-0.2, 0) is 4.79 Å². The number of amides is 1. The standard InChI is InChI=1S/C28H35N5O/c1-18(2)27-22-15-21(20-8-11-32(12-9-20)17-26(34)31(4)5)6-7-24(22)30-28(27)23-16-33-13-10-29-25(33)14-19(23)3/h6-7,10,13-16,18,20,30H,8-9,11-12,17H2,1-5H3. The fourth-order valence-corrected chi connectivity index (χ4v) is 5.37. The number of piperidine rings is 1. The van der Waals surface area contributed by atoms with E-state index in [1.54, 1.807) is 4.90 Å². The van der Waals surface area contributed by atoms with Crippen LogP contribution in [0.4, 0.5) is 0 Å². The van der Waals surface area contributed by atoms with E-state index < -0.39 is 0 Å². The van der Waals surface area contributed by atoms with Crippen LogP contribution in [0.3, 0.4) is 0 Å². The number of hydrogen-bond acceptors (Lipinski definition) is 3. The molecule has 4 heterocycles. The number of nitrogens with zero attached hydrogens (tertiary/aromatic N) is 4. The first-order valence-corrected chi connectivity index (χ1v) is 12.3. The van der Waals surface area contributed by atoms with E-state index in [2.05, 4.69) is 70.5 Å². The Morgan fingerprint density at radius 2 is 1.97 bits per heavy atom. The molecule has 1 aromatic carbocycles. The summed E-state index contributed by atoms with van der Waals surface area (Å²) in [5.74, 6) is 1.12. The first kappa shape index (κ1) is 22.7.